The quantitative estimate of drug-likeness (QED) is 0.423. The Labute approximate surface area is 168 Å². The fourth-order valence-electron chi connectivity index (χ4n) is 4.74. The van der Waals surface area contributed by atoms with Crippen molar-refractivity contribution in [2.24, 2.45) is 0 Å². The normalized spacial score (nSPS) is 19.4. The number of halogens is 2. The van der Waals surface area contributed by atoms with Crippen molar-refractivity contribution in [3.8, 4) is 0 Å². The summed E-state index contributed by atoms with van der Waals surface area (Å²) in [6.45, 7) is 11.2. The molecule has 0 saturated heterocycles. The molecule has 0 bridgehead atoms. The van der Waals surface area contributed by atoms with Gasteiger partial charge >= 0.3 is 169 Å². The summed E-state index contributed by atoms with van der Waals surface area (Å²) in [7, 11) is 15.0. The average Bonchev–Trinajstić information content (AvgIpc) is 3.15. The van der Waals surface area contributed by atoms with Gasteiger partial charge in [0.05, 0.1) is 0 Å². The Kier molecular flexibility index (Phi) is 4.46. The molecule has 0 heterocycles. The van der Waals surface area contributed by atoms with Gasteiger partial charge in [-0.15, -0.1) is 0 Å². The predicted octanol–water partition coefficient (Wildman–Crippen LogP) is 8.06. The number of hydrogen-bond acceptors (Lipinski definition) is 0. The van der Waals surface area contributed by atoms with E-state index in [4.69, 9.17) is 17.0 Å². The van der Waals surface area contributed by atoms with Crippen molar-refractivity contribution >= 4 is 31.1 Å². The Hall–Kier alpha value is -0.617. The average molecular weight is 463 g/mol. The van der Waals surface area contributed by atoms with Crippen molar-refractivity contribution in [1.29, 1.82) is 0 Å². The summed E-state index contributed by atoms with van der Waals surface area (Å²) in [6.07, 6.45) is 3.26. The molecule has 0 atom stereocenters. The molecule has 0 nitrogen and oxygen atoms in total. The van der Waals surface area contributed by atoms with Gasteiger partial charge < -0.3 is 0 Å². The summed E-state index contributed by atoms with van der Waals surface area (Å²) in [5.41, 5.74) is 8.13. The zero-order valence-corrected chi connectivity index (χ0v) is 20.0. The molecular weight excluding hydrogens is 438 g/mol. The van der Waals surface area contributed by atoms with Crippen LogP contribution in [0.5, 0.6) is 0 Å². The molecule has 0 fully saturated rings. The molecule has 0 N–H and O–H groups in total. The Morgan fingerprint density at radius 1 is 0.885 bits per heavy atom. The van der Waals surface area contributed by atoms with Crippen LogP contribution in [0.2, 0.25) is 3.12 Å². The van der Waals surface area contributed by atoms with Crippen LogP contribution in [0, 0.1) is 0 Å². The summed E-state index contributed by atoms with van der Waals surface area (Å²) < 4.78 is 1.06. The summed E-state index contributed by atoms with van der Waals surface area (Å²) in [4.78, 5) is 0. The van der Waals surface area contributed by atoms with Gasteiger partial charge in [-0.1, -0.05) is 0 Å². The maximum atomic E-state index is 7.48. The molecule has 26 heavy (non-hydrogen) atoms. The Balaban J connectivity index is 1.96. The van der Waals surface area contributed by atoms with E-state index in [0.29, 0.717) is 0 Å². The van der Waals surface area contributed by atoms with Crippen LogP contribution in [0.1, 0.15) is 45.7 Å². The number of benzene rings is 2. The first-order valence-electron chi connectivity index (χ1n) is 9.17. The van der Waals surface area contributed by atoms with Gasteiger partial charge in [0.1, 0.15) is 0 Å². The fraction of sp³-hybridized carbons (Fsp3) is 0.304. The van der Waals surface area contributed by atoms with Gasteiger partial charge in [-0.3, -0.25) is 0 Å². The molecule has 0 aromatic heterocycles. The minimum atomic E-state index is -3.79. The third kappa shape index (κ3) is 2.30. The zero-order valence-electron chi connectivity index (χ0n) is 16.0. The van der Waals surface area contributed by atoms with E-state index in [0.717, 1.165) is 6.42 Å². The van der Waals surface area contributed by atoms with Crippen LogP contribution in [0.15, 0.2) is 64.8 Å². The Morgan fingerprint density at radius 3 is 2.15 bits per heavy atom. The van der Waals surface area contributed by atoms with Crippen LogP contribution in [-0.2, 0) is 24.3 Å². The number of allylic oxidation sites excluding steroid dienone is 5. The van der Waals surface area contributed by atoms with Crippen molar-refractivity contribution in [2.75, 3.05) is 0 Å². The molecule has 0 radical (unpaired) electrons. The molecule has 0 aliphatic heterocycles. The van der Waals surface area contributed by atoms with Gasteiger partial charge in [-0.05, 0) is 0 Å². The standard InChI is InChI=1S/C13H9.C10H15.2ClH.Zr/c1-2-6-12-10(4-1)8-9-11-5-3-7-13(11)12;1-6-7(2)9(4)10(5)8(6)3;;;/h1-4,6,8-9H,5H2;1-5H3;2*1H;/q;;;;+2/p-2. The Morgan fingerprint density at radius 2 is 1.50 bits per heavy atom. The first-order chi connectivity index (χ1) is 12.2. The molecule has 0 amide bonds. The molecule has 0 spiro atoms. The second kappa shape index (κ2) is 6.20. The number of rotatable bonds is 2. The SMILES string of the molecule is CC1=C(C)[C](C)([Zr]([Cl])([Cl])[C]2=CCc3ccc4ccccc4c32)C(C)=C1C. The van der Waals surface area contributed by atoms with Gasteiger partial charge in [0.15, 0.2) is 0 Å². The Bertz CT molecular complexity index is 1010. The van der Waals surface area contributed by atoms with E-state index in [1.165, 1.54) is 47.5 Å². The molecule has 134 valence electrons. The molecule has 3 heteroatoms. The van der Waals surface area contributed by atoms with Crippen molar-refractivity contribution in [3.63, 3.8) is 0 Å². The summed E-state index contributed by atoms with van der Waals surface area (Å²) in [6, 6.07) is 13.0. The third-order valence-electron chi connectivity index (χ3n) is 6.96. The first kappa shape index (κ1) is 18.7. The van der Waals surface area contributed by atoms with E-state index in [1.807, 2.05) is 0 Å². The monoisotopic (exact) mass is 460 g/mol. The maximum absolute atomic E-state index is 7.48. The van der Waals surface area contributed by atoms with Crippen LogP contribution < -0.4 is 0 Å². The summed E-state index contributed by atoms with van der Waals surface area (Å²) in [5.74, 6) is 0. The van der Waals surface area contributed by atoms with E-state index in [9.17, 15) is 0 Å². The van der Waals surface area contributed by atoms with E-state index in [2.05, 4.69) is 77.1 Å². The van der Waals surface area contributed by atoms with E-state index in [-0.39, 0.29) is 3.12 Å². The molecule has 2 aromatic rings. The van der Waals surface area contributed by atoms with Crippen molar-refractivity contribution in [2.45, 2.75) is 44.2 Å². The second-order valence-electron chi connectivity index (χ2n) is 7.84. The summed E-state index contributed by atoms with van der Waals surface area (Å²) in [5, 5.41) is 2.55. The zero-order chi connectivity index (χ0) is 18.9. The van der Waals surface area contributed by atoms with Crippen LogP contribution in [0.25, 0.3) is 14.1 Å². The first-order valence-corrected chi connectivity index (χ1v) is 18.0. The topological polar surface area (TPSA) is 0 Å². The predicted molar refractivity (Wildman–Crippen MR) is 112 cm³/mol. The fourth-order valence-corrected chi connectivity index (χ4v) is 17.1. The molecule has 0 saturated carbocycles. The molecule has 0 unspecified atom stereocenters. The minimum absolute atomic E-state index is 0.198. The summed E-state index contributed by atoms with van der Waals surface area (Å²) >= 11 is -3.79. The van der Waals surface area contributed by atoms with Gasteiger partial charge in [0.2, 0.25) is 0 Å². The van der Waals surface area contributed by atoms with Gasteiger partial charge in [-0.25, -0.2) is 0 Å². The van der Waals surface area contributed by atoms with Gasteiger partial charge in [-0.2, -0.15) is 0 Å². The van der Waals surface area contributed by atoms with Crippen LogP contribution >= 0.6 is 17.0 Å². The molecule has 2 aliphatic carbocycles. The van der Waals surface area contributed by atoms with Crippen LogP contribution in [0.4, 0.5) is 0 Å². The van der Waals surface area contributed by atoms with E-state index >= 15 is 0 Å². The van der Waals surface area contributed by atoms with Crippen molar-refractivity contribution in [1.82, 2.24) is 0 Å². The molecular formula is C23H24Cl2Zr. The van der Waals surface area contributed by atoms with Crippen molar-refractivity contribution in [3.05, 3.63) is 75.9 Å². The van der Waals surface area contributed by atoms with Crippen LogP contribution in [0.3, 0.4) is 0 Å². The molecule has 2 aromatic carbocycles. The van der Waals surface area contributed by atoms with Crippen LogP contribution in [-0.4, -0.2) is 0 Å². The second-order valence-corrected chi connectivity index (χ2v) is 22.3. The molecule has 2 aliphatic rings. The van der Waals surface area contributed by atoms with Gasteiger partial charge in [0.25, 0.3) is 0 Å². The van der Waals surface area contributed by atoms with Crippen molar-refractivity contribution < 1.29 is 17.9 Å². The number of fused-ring (bicyclic) bond motifs is 3. The number of hydrogen-bond donors (Lipinski definition) is 0. The third-order valence-corrected chi connectivity index (χ3v) is 21.6. The molecule has 4 rings (SSSR count). The van der Waals surface area contributed by atoms with Gasteiger partial charge in [0, 0.05) is 0 Å². The van der Waals surface area contributed by atoms with E-state index in [1.54, 1.807) is 0 Å². The van der Waals surface area contributed by atoms with E-state index < -0.39 is 17.9 Å².